The summed E-state index contributed by atoms with van der Waals surface area (Å²) in [6.45, 7) is 3.14. The second-order valence-electron chi connectivity index (χ2n) is 6.72. The van der Waals surface area contributed by atoms with Crippen LogP contribution in [0.15, 0.2) is 12.3 Å². The van der Waals surface area contributed by atoms with Gasteiger partial charge < -0.3 is 0 Å². The molecule has 0 aromatic carbocycles. The van der Waals surface area contributed by atoms with Gasteiger partial charge in [-0.1, -0.05) is 0 Å². The summed E-state index contributed by atoms with van der Waals surface area (Å²) in [5.41, 5.74) is 1.63. The smallest absolute Gasteiger partial charge is 0.208 e. The maximum atomic E-state index is 11.2. The van der Waals surface area contributed by atoms with E-state index in [1.807, 2.05) is 17.9 Å². The Bertz CT molecular complexity index is 594. The Morgan fingerprint density at radius 1 is 1.38 bits per heavy atom. The number of likely N-dealkylation sites (tertiary alicyclic amines) is 1. The quantitative estimate of drug-likeness (QED) is 0.889. The molecule has 1 aromatic heterocycles. The first-order valence-corrected chi connectivity index (χ1v) is 9.41. The predicted octanol–water partition coefficient (Wildman–Crippen LogP) is 0.714. The molecule has 118 valence electrons. The Morgan fingerprint density at radius 2 is 2.05 bits per heavy atom. The normalized spacial score (nSPS) is 23.3. The van der Waals surface area contributed by atoms with Crippen LogP contribution in [0.3, 0.4) is 0 Å². The Hall–Kier alpha value is -0.920. The summed E-state index contributed by atoms with van der Waals surface area (Å²) < 4.78 is 27.1. The zero-order valence-corrected chi connectivity index (χ0v) is 13.6. The number of aryl methyl sites for hydroxylation is 1. The molecule has 1 aliphatic heterocycles. The van der Waals surface area contributed by atoms with Crippen molar-refractivity contribution in [2.45, 2.75) is 38.3 Å². The van der Waals surface area contributed by atoms with Crippen molar-refractivity contribution in [2.75, 3.05) is 19.3 Å². The highest BCUT2D eigenvalue weighted by Gasteiger charge is 2.46. The maximum Gasteiger partial charge on any atom is 0.208 e. The van der Waals surface area contributed by atoms with Crippen LogP contribution in [0.1, 0.15) is 31.4 Å². The third-order valence-corrected chi connectivity index (χ3v) is 5.73. The number of hydrogen-bond acceptors (Lipinski definition) is 4. The van der Waals surface area contributed by atoms with E-state index in [1.165, 1.54) is 24.8 Å². The fourth-order valence-corrected chi connectivity index (χ4v) is 4.52. The Kier molecular flexibility index (Phi) is 3.83. The molecular formula is C14H24N4O2S. The van der Waals surface area contributed by atoms with E-state index >= 15 is 0 Å². The molecular weight excluding hydrogens is 288 g/mol. The molecule has 1 aromatic rings. The van der Waals surface area contributed by atoms with Crippen LogP contribution >= 0.6 is 0 Å². The number of hydrogen-bond donors (Lipinski definition) is 1. The summed E-state index contributed by atoms with van der Waals surface area (Å²) in [6.07, 6.45) is 7.43. The molecule has 2 aliphatic rings. The molecule has 1 saturated heterocycles. The van der Waals surface area contributed by atoms with Crippen molar-refractivity contribution in [3.63, 3.8) is 0 Å². The Labute approximate surface area is 126 Å². The molecule has 21 heavy (non-hydrogen) atoms. The minimum Gasteiger partial charge on any atom is -0.297 e. The van der Waals surface area contributed by atoms with Crippen LogP contribution in [0.4, 0.5) is 0 Å². The summed E-state index contributed by atoms with van der Waals surface area (Å²) >= 11 is 0. The molecule has 1 saturated carbocycles. The number of piperidine rings is 1. The highest BCUT2D eigenvalue weighted by atomic mass is 32.2. The predicted molar refractivity (Wildman–Crippen MR) is 81.2 cm³/mol. The summed E-state index contributed by atoms with van der Waals surface area (Å²) in [5, 5.41) is 4.21. The van der Waals surface area contributed by atoms with Crippen LogP contribution in [0.2, 0.25) is 0 Å². The van der Waals surface area contributed by atoms with Gasteiger partial charge in [-0.3, -0.25) is 9.58 Å². The van der Waals surface area contributed by atoms with Gasteiger partial charge in [-0.15, -0.1) is 0 Å². The fourth-order valence-electron chi connectivity index (χ4n) is 3.75. The van der Waals surface area contributed by atoms with Crippen molar-refractivity contribution >= 4 is 10.0 Å². The van der Waals surface area contributed by atoms with Crippen LogP contribution < -0.4 is 4.72 Å². The van der Waals surface area contributed by atoms with E-state index in [1.54, 1.807) is 0 Å². The SMILES string of the molecule is Cn1nccc1CN1CCC2(CC1)CC(NS(C)(=O)=O)C2. The summed E-state index contributed by atoms with van der Waals surface area (Å²) in [7, 11) is -1.08. The van der Waals surface area contributed by atoms with Crippen LogP contribution in [0, 0.1) is 5.41 Å². The van der Waals surface area contributed by atoms with E-state index in [0.717, 1.165) is 32.5 Å². The first-order valence-electron chi connectivity index (χ1n) is 7.52. The van der Waals surface area contributed by atoms with Crippen LogP contribution in [0.5, 0.6) is 0 Å². The van der Waals surface area contributed by atoms with Crippen molar-refractivity contribution in [2.24, 2.45) is 12.5 Å². The average Bonchev–Trinajstić information content (AvgIpc) is 2.74. The van der Waals surface area contributed by atoms with E-state index in [0.29, 0.717) is 5.41 Å². The molecule has 3 rings (SSSR count). The average molecular weight is 312 g/mol. The van der Waals surface area contributed by atoms with E-state index < -0.39 is 10.0 Å². The Morgan fingerprint density at radius 3 is 2.57 bits per heavy atom. The van der Waals surface area contributed by atoms with E-state index in [2.05, 4.69) is 20.8 Å². The molecule has 0 bridgehead atoms. The van der Waals surface area contributed by atoms with Crippen LogP contribution in [-0.2, 0) is 23.6 Å². The standard InChI is InChI=1S/C14H24N4O2S/c1-17-13(3-6-15-17)11-18-7-4-14(5-8-18)9-12(10-14)16-21(2,19)20/h3,6,12,16H,4-5,7-11H2,1-2H3. The number of sulfonamides is 1. The van der Waals surface area contributed by atoms with Crippen molar-refractivity contribution in [1.29, 1.82) is 0 Å². The molecule has 0 atom stereocenters. The molecule has 0 unspecified atom stereocenters. The zero-order chi connectivity index (χ0) is 15.1. The molecule has 2 heterocycles. The van der Waals surface area contributed by atoms with E-state index in [9.17, 15) is 8.42 Å². The van der Waals surface area contributed by atoms with Gasteiger partial charge in [0.15, 0.2) is 0 Å². The molecule has 1 spiro atoms. The van der Waals surface area contributed by atoms with Gasteiger partial charge in [0.05, 0.1) is 11.9 Å². The number of nitrogens with zero attached hydrogens (tertiary/aromatic N) is 3. The lowest BCUT2D eigenvalue weighted by Crippen LogP contribution is -2.54. The van der Waals surface area contributed by atoms with Gasteiger partial charge in [0.1, 0.15) is 0 Å². The number of aromatic nitrogens is 2. The van der Waals surface area contributed by atoms with Gasteiger partial charge in [-0.2, -0.15) is 5.10 Å². The third-order valence-electron chi connectivity index (χ3n) is 4.96. The first kappa shape index (κ1) is 15.0. The molecule has 1 N–H and O–H groups in total. The summed E-state index contributed by atoms with van der Waals surface area (Å²) in [5.74, 6) is 0. The van der Waals surface area contributed by atoms with Gasteiger partial charge in [-0.25, -0.2) is 13.1 Å². The minimum absolute atomic E-state index is 0.156. The fraction of sp³-hybridized carbons (Fsp3) is 0.786. The lowest BCUT2D eigenvalue weighted by Gasteiger charge is -2.52. The minimum atomic E-state index is -3.06. The maximum absolute atomic E-state index is 11.2. The monoisotopic (exact) mass is 312 g/mol. The lowest BCUT2D eigenvalue weighted by molar-refractivity contribution is 0.0100. The summed E-state index contributed by atoms with van der Waals surface area (Å²) in [4.78, 5) is 2.47. The van der Waals surface area contributed by atoms with E-state index in [-0.39, 0.29) is 6.04 Å². The van der Waals surface area contributed by atoms with Gasteiger partial charge in [0.25, 0.3) is 0 Å². The van der Waals surface area contributed by atoms with Crippen LogP contribution in [-0.4, -0.2) is 48.5 Å². The highest BCUT2D eigenvalue weighted by Crippen LogP contribution is 2.49. The van der Waals surface area contributed by atoms with Crippen molar-refractivity contribution in [1.82, 2.24) is 19.4 Å². The topological polar surface area (TPSA) is 67.2 Å². The van der Waals surface area contributed by atoms with Gasteiger partial charge in [0.2, 0.25) is 10.0 Å². The van der Waals surface area contributed by atoms with Gasteiger partial charge >= 0.3 is 0 Å². The van der Waals surface area contributed by atoms with E-state index in [4.69, 9.17) is 0 Å². The highest BCUT2D eigenvalue weighted by molar-refractivity contribution is 7.88. The second kappa shape index (κ2) is 5.37. The second-order valence-corrected chi connectivity index (χ2v) is 8.50. The molecule has 2 fully saturated rings. The van der Waals surface area contributed by atoms with Crippen molar-refractivity contribution in [3.8, 4) is 0 Å². The van der Waals surface area contributed by atoms with Gasteiger partial charge in [-0.05, 0) is 50.3 Å². The first-order chi connectivity index (χ1) is 9.85. The summed E-state index contributed by atoms with van der Waals surface area (Å²) in [6, 6.07) is 2.23. The molecule has 6 nitrogen and oxygen atoms in total. The van der Waals surface area contributed by atoms with Crippen molar-refractivity contribution in [3.05, 3.63) is 18.0 Å². The largest absolute Gasteiger partial charge is 0.297 e. The Balaban J connectivity index is 1.47. The zero-order valence-electron chi connectivity index (χ0n) is 12.7. The van der Waals surface area contributed by atoms with Crippen LogP contribution in [0.25, 0.3) is 0 Å². The molecule has 0 amide bonds. The van der Waals surface area contributed by atoms with Crippen molar-refractivity contribution < 1.29 is 8.42 Å². The molecule has 7 heteroatoms. The number of rotatable bonds is 4. The number of nitrogens with one attached hydrogen (secondary N) is 1. The third kappa shape index (κ3) is 3.46. The van der Waals surface area contributed by atoms with Gasteiger partial charge in [0, 0.05) is 25.8 Å². The lowest BCUT2D eigenvalue weighted by atomic mass is 9.61. The molecule has 0 radical (unpaired) electrons. The molecule has 1 aliphatic carbocycles.